The molecular weight excluding hydrogens is 278 g/mol. The summed E-state index contributed by atoms with van der Waals surface area (Å²) in [5, 5.41) is 0.626. The zero-order chi connectivity index (χ0) is 14.4. The molecule has 112 valence electrons. The molecule has 0 spiro atoms. The molecule has 2 amide bonds. The van der Waals surface area contributed by atoms with Gasteiger partial charge in [-0.05, 0) is 36.7 Å². The van der Waals surface area contributed by atoms with Gasteiger partial charge < -0.3 is 4.84 Å². The number of nitrogens with zero attached hydrogens (tertiary/aromatic N) is 1. The zero-order valence-electron chi connectivity index (χ0n) is 11.6. The number of hydrogen-bond donors (Lipinski definition) is 0. The molecule has 5 nitrogen and oxygen atoms in total. The van der Waals surface area contributed by atoms with E-state index >= 15 is 0 Å². The summed E-state index contributed by atoms with van der Waals surface area (Å²) in [7, 11) is 0. The lowest BCUT2D eigenvalue weighted by atomic mass is 9.96. The number of amides is 2. The Morgan fingerprint density at radius 2 is 1.80 bits per heavy atom. The van der Waals surface area contributed by atoms with Crippen LogP contribution in [0.3, 0.4) is 0 Å². The Kier molecular flexibility index (Phi) is 5.88. The minimum Gasteiger partial charge on any atom is -0.330 e. The molecule has 2 heterocycles. The smallest absolute Gasteiger partial charge is 0.330 e. The van der Waals surface area contributed by atoms with Crippen molar-refractivity contribution in [3.05, 3.63) is 0 Å². The van der Waals surface area contributed by atoms with Crippen LogP contribution < -0.4 is 0 Å². The van der Waals surface area contributed by atoms with Crippen LogP contribution in [0.4, 0.5) is 0 Å². The molecule has 0 saturated carbocycles. The number of thioether (sulfide) groups is 1. The van der Waals surface area contributed by atoms with Crippen molar-refractivity contribution in [2.24, 2.45) is 5.92 Å². The summed E-state index contributed by atoms with van der Waals surface area (Å²) in [5.74, 6) is 2.01. The Bertz CT molecular complexity index is 363. The Morgan fingerprint density at radius 3 is 2.45 bits per heavy atom. The molecule has 2 aliphatic heterocycles. The fourth-order valence-electron chi connectivity index (χ4n) is 2.54. The lowest BCUT2D eigenvalue weighted by molar-refractivity contribution is -0.197. The number of hydrogen-bond acceptors (Lipinski definition) is 5. The summed E-state index contributed by atoms with van der Waals surface area (Å²) in [6.45, 7) is 0. The van der Waals surface area contributed by atoms with Gasteiger partial charge in [0.15, 0.2) is 0 Å². The standard InChI is InChI=1S/C14H21NO4S/c16-12-5-6-13(17)15(12)19-14(18)4-2-1-3-11-7-9-20-10-8-11/h11H,1-10H2. The van der Waals surface area contributed by atoms with Gasteiger partial charge in [-0.2, -0.15) is 11.8 Å². The van der Waals surface area contributed by atoms with Crippen molar-refractivity contribution < 1.29 is 19.2 Å². The number of rotatable bonds is 6. The van der Waals surface area contributed by atoms with Gasteiger partial charge in [-0.15, -0.1) is 5.06 Å². The first-order valence-electron chi connectivity index (χ1n) is 7.31. The van der Waals surface area contributed by atoms with Gasteiger partial charge in [-0.25, -0.2) is 4.79 Å². The summed E-state index contributed by atoms with van der Waals surface area (Å²) < 4.78 is 0. The van der Waals surface area contributed by atoms with Crippen molar-refractivity contribution in [2.45, 2.75) is 51.4 Å². The van der Waals surface area contributed by atoms with E-state index in [9.17, 15) is 14.4 Å². The molecule has 0 N–H and O–H groups in total. The number of imide groups is 1. The highest BCUT2D eigenvalue weighted by Crippen LogP contribution is 2.27. The van der Waals surface area contributed by atoms with Crippen molar-refractivity contribution >= 4 is 29.5 Å². The summed E-state index contributed by atoms with van der Waals surface area (Å²) >= 11 is 2.02. The number of hydroxylamine groups is 2. The highest BCUT2D eigenvalue weighted by atomic mass is 32.2. The van der Waals surface area contributed by atoms with E-state index in [0.29, 0.717) is 5.06 Å². The van der Waals surface area contributed by atoms with Gasteiger partial charge in [0, 0.05) is 19.3 Å². The van der Waals surface area contributed by atoms with Crippen LogP contribution in [0, 0.1) is 5.92 Å². The second-order valence-electron chi connectivity index (χ2n) is 5.35. The zero-order valence-corrected chi connectivity index (χ0v) is 12.5. The summed E-state index contributed by atoms with van der Waals surface area (Å²) in [5.41, 5.74) is 0. The van der Waals surface area contributed by atoms with Gasteiger partial charge in [0.25, 0.3) is 11.8 Å². The monoisotopic (exact) mass is 299 g/mol. The molecule has 2 rings (SSSR count). The third-order valence-electron chi connectivity index (χ3n) is 3.78. The molecule has 0 unspecified atom stereocenters. The van der Waals surface area contributed by atoms with E-state index in [2.05, 4.69) is 0 Å². The van der Waals surface area contributed by atoms with Gasteiger partial charge >= 0.3 is 5.97 Å². The SMILES string of the molecule is O=C(CCCCC1CCSCC1)ON1C(=O)CCC1=O. The average molecular weight is 299 g/mol. The molecular formula is C14H21NO4S. The molecule has 6 heteroatoms. The van der Waals surface area contributed by atoms with Crippen molar-refractivity contribution in [3.63, 3.8) is 0 Å². The summed E-state index contributed by atoms with van der Waals surface area (Å²) in [4.78, 5) is 39.0. The lowest BCUT2D eigenvalue weighted by Crippen LogP contribution is -2.31. The molecule has 0 bridgehead atoms. The predicted molar refractivity (Wildman–Crippen MR) is 75.7 cm³/mol. The van der Waals surface area contributed by atoms with Gasteiger partial charge in [-0.1, -0.05) is 12.8 Å². The van der Waals surface area contributed by atoms with Crippen molar-refractivity contribution in [3.8, 4) is 0 Å². The van der Waals surface area contributed by atoms with Crippen LogP contribution in [-0.4, -0.2) is 34.4 Å². The van der Waals surface area contributed by atoms with Crippen LogP contribution in [0.1, 0.15) is 51.4 Å². The maximum atomic E-state index is 11.6. The van der Waals surface area contributed by atoms with E-state index in [1.165, 1.54) is 24.3 Å². The van der Waals surface area contributed by atoms with E-state index in [-0.39, 0.29) is 19.3 Å². The predicted octanol–water partition coefficient (Wildman–Crippen LogP) is 2.30. The second kappa shape index (κ2) is 7.67. The molecule has 0 aromatic heterocycles. The largest absolute Gasteiger partial charge is 0.333 e. The number of unbranched alkanes of at least 4 members (excludes halogenated alkanes) is 1. The van der Waals surface area contributed by atoms with Crippen LogP contribution in [0.2, 0.25) is 0 Å². The first-order valence-corrected chi connectivity index (χ1v) is 8.46. The Hall–Kier alpha value is -1.04. The molecule has 0 radical (unpaired) electrons. The molecule has 0 aromatic carbocycles. The van der Waals surface area contributed by atoms with Crippen LogP contribution >= 0.6 is 11.8 Å². The quantitative estimate of drug-likeness (QED) is 0.556. The molecule has 2 saturated heterocycles. The van der Waals surface area contributed by atoms with Crippen LogP contribution in [0.25, 0.3) is 0 Å². The number of carbonyl (C=O) groups is 3. The fourth-order valence-corrected chi connectivity index (χ4v) is 3.75. The van der Waals surface area contributed by atoms with E-state index in [4.69, 9.17) is 4.84 Å². The molecule has 0 atom stereocenters. The van der Waals surface area contributed by atoms with E-state index in [1.54, 1.807) is 0 Å². The number of carbonyl (C=O) groups excluding carboxylic acids is 3. The third-order valence-corrected chi connectivity index (χ3v) is 4.83. The first-order chi connectivity index (χ1) is 9.66. The van der Waals surface area contributed by atoms with Crippen molar-refractivity contribution in [1.29, 1.82) is 0 Å². The van der Waals surface area contributed by atoms with Crippen LogP contribution in [0.5, 0.6) is 0 Å². The average Bonchev–Trinajstić information content (AvgIpc) is 2.77. The van der Waals surface area contributed by atoms with Crippen molar-refractivity contribution in [2.75, 3.05) is 11.5 Å². The summed E-state index contributed by atoms with van der Waals surface area (Å²) in [6.07, 6.45) is 6.06. The first kappa shape index (κ1) is 15.4. The maximum Gasteiger partial charge on any atom is 0.333 e. The summed E-state index contributed by atoms with van der Waals surface area (Å²) in [6, 6.07) is 0. The Balaban J connectivity index is 1.58. The molecule has 0 aromatic rings. The van der Waals surface area contributed by atoms with Gasteiger partial charge in [0.05, 0.1) is 0 Å². The Morgan fingerprint density at radius 1 is 1.15 bits per heavy atom. The van der Waals surface area contributed by atoms with Crippen LogP contribution in [-0.2, 0) is 19.2 Å². The molecule has 0 aliphatic carbocycles. The topological polar surface area (TPSA) is 63.7 Å². The minimum atomic E-state index is -0.479. The highest BCUT2D eigenvalue weighted by molar-refractivity contribution is 7.99. The molecule has 2 fully saturated rings. The second-order valence-corrected chi connectivity index (χ2v) is 6.57. The lowest BCUT2D eigenvalue weighted by Gasteiger charge is -2.20. The van der Waals surface area contributed by atoms with Gasteiger partial charge in [0.1, 0.15) is 0 Å². The normalized spacial score (nSPS) is 20.5. The third kappa shape index (κ3) is 4.51. The maximum absolute atomic E-state index is 11.6. The fraction of sp³-hybridized carbons (Fsp3) is 0.786. The van der Waals surface area contributed by atoms with E-state index < -0.39 is 17.8 Å². The van der Waals surface area contributed by atoms with Crippen LogP contribution in [0.15, 0.2) is 0 Å². The minimum absolute atomic E-state index is 0.145. The van der Waals surface area contributed by atoms with Gasteiger partial charge in [0.2, 0.25) is 0 Å². The highest BCUT2D eigenvalue weighted by Gasteiger charge is 2.32. The van der Waals surface area contributed by atoms with E-state index in [0.717, 1.165) is 25.2 Å². The van der Waals surface area contributed by atoms with E-state index in [1.807, 2.05) is 11.8 Å². The molecule has 2 aliphatic rings. The van der Waals surface area contributed by atoms with Crippen molar-refractivity contribution in [1.82, 2.24) is 5.06 Å². The Labute approximate surface area is 123 Å². The van der Waals surface area contributed by atoms with Gasteiger partial charge in [-0.3, -0.25) is 9.59 Å². The molecule has 20 heavy (non-hydrogen) atoms.